The van der Waals surface area contributed by atoms with Gasteiger partial charge in [-0.1, -0.05) is 12.1 Å². The number of aromatic nitrogens is 1. The minimum atomic E-state index is -2.55. The summed E-state index contributed by atoms with van der Waals surface area (Å²) >= 11 is 0. The average molecular weight is 516 g/mol. The SMILES string of the molecule is CNc1cc(-c2nc(N3CCN(C(=O)C(C)(C)OC(C)=O)CC3)ccc2C)ccc1NCC1CC1(F)F. The van der Waals surface area contributed by atoms with Crippen LogP contribution in [0.2, 0.25) is 0 Å². The third-order valence-corrected chi connectivity index (χ3v) is 6.94. The fourth-order valence-electron chi connectivity index (χ4n) is 4.69. The van der Waals surface area contributed by atoms with Gasteiger partial charge >= 0.3 is 5.97 Å². The number of nitrogens with zero attached hydrogens (tertiary/aromatic N) is 3. The number of piperazine rings is 1. The number of hydrogen-bond acceptors (Lipinski definition) is 7. The second kappa shape index (κ2) is 10.1. The predicted octanol–water partition coefficient (Wildman–Crippen LogP) is 4.16. The van der Waals surface area contributed by atoms with Crippen LogP contribution in [-0.2, 0) is 14.3 Å². The zero-order valence-electron chi connectivity index (χ0n) is 22.0. The number of carbonyl (C=O) groups excluding carboxylic acids is 2. The number of amides is 1. The maximum absolute atomic E-state index is 13.3. The Hall–Kier alpha value is -3.43. The minimum absolute atomic E-state index is 0.0603. The summed E-state index contributed by atoms with van der Waals surface area (Å²) in [6, 6.07) is 9.81. The van der Waals surface area contributed by atoms with E-state index in [1.807, 2.05) is 37.3 Å². The van der Waals surface area contributed by atoms with Crippen LogP contribution in [0.25, 0.3) is 11.3 Å². The highest BCUT2D eigenvalue weighted by Crippen LogP contribution is 2.48. The first kappa shape index (κ1) is 26.6. The number of aryl methyl sites for hydroxylation is 1. The van der Waals surface area contributed by atoms with Crippen molar-refractivity contribution < 1.29 is 23.1 Å². The lowest BCUT2D eigenvalue weighted by Gasteiger charge is -2.38. The topological polar surface area (TPSA) is 86.8 Å². The van der Waals surface area contributed by atoms with Gasteiger partial charge in [-0.2, -0.15) is 0 Å². The standard InChI is InChI=1S/C27H35F2N5O3/c1-17-6-9-23(33-10-12-34(13-11-33)25(36)26(3,4)37-18(2)35)32-24(17)19-7-8-21(22(14-19)30-5)31-16-20-15-27(20,28)29/h6-9,14,20,30-31H,10-13,15-16H2,1-5H3. The number of anilines is 3. The van der Waals surface area contributed by atoms with Gasteiger partial charge in [-0.25, -0.2) is 13.8 Å². The summed E-state index contributed by atoms with van der Waals surface area (Å²) in [5.74, 6) is -3.04. The Morgan fingerprint density at radius 1 is 1.14 bits per heavy atom. The summed E-state index contributed by atoms with van der Waals surface area (Å²) < 4.78 is 31.7. The Bertz CT molecular complexity index is 1180. The number of alkyl halides is 2. The molecule has 1 aliphatic heterocycles. The molecule has 8 nitrogen and oxygen atoms in total. The summed E-state index contributed by atoms with van der Waals surface area (Å²) in [4.78, 5) is 33.0. The van der Waals surface area contributed by atoms with Crippen molar-refractivity contribution in [3.05, 3.63) is 35.9 Å². The second-order valence-electron chi connectivity index (χ2n) is 10.3. The summed E-state index contributed by atoms with van der Waals surface area (Å²) in [7, 11) is 1.80. The van der Waals surface area contributed by atoms with Crippen LogP contribution in [-0.4, -0.2) is 73.1 Å². The number of halogens is 2. The fourth-order valence-corrected chi connectivity index (χ4v) is 4.69. The molecule has 2 aliphatic rings. The van der Waals surface area contributed by atoms with E-state index >= 15 is 0 Å². The van der Waals surface area contributed by atoms with Gasteiger partial charge in [0.15, 0.2) is 5.60 Å². The molecule has 37 heavy (non-hydrogen) atoms. The maximum Gasteiger partial charge on any atom is 0.303 e. The molecule has 200 valence electrons. The zero-order valence-corrected chi connectivity index (χ0v) is 22.0. The first-order chi connectivity index (χ1) is 17.4. The Morgan fingerprint density at radius 3 is 2.41 bits per heavy atom. The molecule has 2 heterocycles. The highest BCUT2D eigenvalue weighted by Gasteiger charge is 2.56. The van der Waals surface area contributed by atoms with Crippen LogP contribution in [0.3, 0.4) is 0 Å². The van der Waals surface area contributed by atoms with Gasteiger partial charge in [-0.15, -0.1) is 0 Å². The summed E-state index contributed by atoms with van der Waals surface area (Å²) in [6.45, 7) is 8.96. The third kappa shape index (κ3) is 5.94. The number of esters is 1. The zero-order chi connectivity index (χ0) is 27.0. The van der Waals surface area contributed by atoms with Crippen LogP contribution in [0.15, 0.2) is 30.3 Å². The number of nitrogens with one attached hydrogen (secondary N) is 2. The van der Waals surface area contributed by atoms with Crippen molar-refractivity contribution in [3.8, 4) is 11.3 Å². The van der Waals surface area contributed by atoms with E-state index in [1.165, 1.54) is 6.92 Å². The van der Waals surface area contributed by atoms with Crippen molar-refractivity contribution in [3.63, 3.8) is 0 Å². The molecule has 1 atom stereocenters. The number of rotatable bonds is 8. The molecule has 1 aromatic carbocycles. The lowest BCUT2D eigenvalue weighted by atomic mass is 10.0. The quantitative estimate of drug-likeness (QED) is 0.511. The summed E-state index contributed by atoms with van der Waals surface area (Å²) in [5, 5.41) is 6.29. The van der Waals surface area contributed by atoms with Crippen LogP contribution in [0.5, 0.6) is 0 Å². The maximum atomic E-state index is 13.3. The van der Waals surface area contributed by atoms with E-state index in [0.29, 0.717) is 26.2 Å². The second-order valence-corrected chi connectivity index (χ2v) is 10.3. The lowest BCUT2D eigenvalue weighted by molar-refractivity contribution is -0.168. The average Bonchev–Trinajstić information content (AvgIpc) is 3.47. The molecule has 10 heteroatoms. The molecule has 1 amide bonds. The molecule has 0 bridgehead atoms. The van der Waals surface area contributed by atoms with Gasteiger partial charge in [0, 0.05) is 64.6 Å². The van der Waals surface area contributed by atoms with Crippen LogP contribution in [0.4, 0.5) is 26.0 Å². The Labute approximate surface area is 216 Å². The van der Waals surface area contributed by atoms with Crippen molar-refractivity contribution in [2.45, 2.75) is 45.6 Å². The number of ether oxygens (including phenoxy) is 1. The van der Waals surface area contributed by atoms with Gasteiger partial charge in [-0.05, 0) is 44.5 Å². The van der Waals surface area contributed by atoms with Gasteiger partial charge in [0.25, 0.3) is 11.8 Å². The van der Waals surface area contributed by atoms with E-state index in [0.717, 1.165) is 34.0 Å². The van der Waals surface area contributed by atoms with Gasteiger partial charge in [0.2, 0.25) is 0 Å². The van der Waals surface area contributed by atoms with Gasteiger partial charge in [0.05, 0.1) is 17.1 Å². The van der Waals surface area contributed by atoms with Crippen LogP contribution in [0.1, 0.15) is 32.8 Å². The smallest absolute Gasteiger partial charge is 0.303 e. The minimum Gasteiger partial charge on any atom is -0.450 e. The molecule has 1 saturated carbocycles. The third-order valence-electron chi connectivity index (χ3n) is 6.94. The summed E-state index contributed by atoms with van der Waals surface area (Å²) in [6.07, 6.45) is -0.0603. The van der Waals surface area contributed by atoms with E-state index in [9.17, 15) is 18.4 Å². The number of hydrogen-bond donors (Lipinski definition) is 2. The van der Waals surface area contributed by atoms with Crippen LogP contribution >= 0.6 is 0 Å². The Kier molecular flexibility index (Phi) is 7.30. The number of pyridine rings is 1. The van der Waals surface area contributed by atoms with Crippen molar-refractivity contribution in [1.29, 1.82) is 0 Å². The number of benzene rings is 1. The fraction of sp³-hybridized carbons (Fsp3) is 0.519. The van der Waals surface area contributed by atoms with E-state index in [1.54, 1.807) is 25.8 Å². The lowest BCUT2D eigenvalue weighted by Crippen LogP contribution is -2.55. The molecule has 1 aromatic heterocycles. The Morgan fingerprint density at radius 2 is 1.81 bits per heavy atom. The molecule has 1 aliphatic carbocycles. The number of carbonyl (C=O) groups is 2. The molecular formula is C27H35F2N5O3. The van der Waals surface area contributed by atoms with Crippen molar-refractivity contribution in [2.75, 3.05) is 55.3 Å². The molecular weight excluding hydrogens is 480 g/mol. The van der Waals surface area contributed by atoms with Gasteiger partial charge < -0.3 is 25.2 Å². The monoisotopic (exact) mass is 515 g/mol. The highest BCUT2D eigenvalue weighted by molar-refractivity contribution is 5.87. The molecule has 4 rings (SSSR count). The van der Waals surface area contributed by atoms with Crippen molar-refractivity contribution >= 4 is 29.1 Å². The molecule has 1 unspecified atom stereocenters. The van der Waals surface area contributed by atoms with E-state index in [2.05, 4.69) is 15.5 Å². The molecule has 0 radical (unpaired) electrons. The molecule has 1 saturated heterocycles. The first-order valence-corrected chi connectivity index (χ1v) is 12.6. The van der Waals surface area contributed by atoms with Crippen molar-refractivity contribution in [2.24, 2.45) is 5.92 Å². The van der Waals surface area contributed by atoms with E-state index < -0.39 is 23.4 Å². The molecule has 2 fully saturated rings. The first-order valence-electron chi connectivity index (χ1n) is 12.6. The van der Waals surface area contributed by atoms with E-state index in [4.69, 9.17) is 9.72 Å². The predicted molar refractivity (Wildman–Crippen MR) is 140 cm³/mol. The van der Waals surface area contributed by atoms with E-state index in [-0.39, 0.29) is 18.9 Å². The Balaban J connectivity index is 1.45. The van der Waals surface area contributed by atoms with Gasteiger partial charge in [-0.3, -0.25) is 9.59 Å². The molecule has 0 spiro atoms. The molecule has 2 N–H and O–H groups in total. The largest absolute Gasteiger partial charge is 0.450 e. The van der Waals surface area contributed by atoms with Crippen molar-refractivity contribution in [1.82, 2.24) is 9.88 Å². The van der Waals surface area contributed by atoms with Crippen LogP contribution < -0.4 is 15.5 Å². The molecule has 2 aromatic rings. The highest BCUT2D eigenvalue weighted by atomic mass is 19.3. The summed E-state index contributed by atoms with van der Waals surface area (Å²) in [5.41, 5.74) is 3.16. The normalized spacial score (nSPS) is 18.8. The van der Waals surface area contributed by atoms with Gasteiger partial charge in [0.1, 0.15) is 5.82 Å². The van der Waals surface area contributed by atoms with Crippen LogP contribution in [0, 0.1) is 12.8 Å².